The molecule has 0 radical (unpaired) electrons. The summed E-state index contributed by atoms with van der Waals surface area (Å²) in [7, 11) is 0. The van der Waals surface area contributed by atoms with Crippen molar-refractivity contribution in [3.05, 3.63) is 54.0 Å². The van der Waals surface area contributed by atoms with Crippen LogP contribution < -0.4 is 11.1 Å². The van der Waals surface area contributed by atoms with Crippen molar-refractivity contribution in [2.24, 2.45) is 5.73 Å². The van der Waals surface area contributed by atoms with Crippen molar-refractivity contribution in [1.82, 2.24) is 10.1 Å². The maximum absolute atomic E-state index is 13.7. The second-order valence-electron chi connectivity index (χ2n) is 6.44. The van der Waals surface area contributed by atoms with Crippen LogP contribution >= 0.6 is 0 Å². The highest BCUT2D eigenvalue weighted by atomic mass is 19.1. The Labute approximate surface area is 148 Å². The first-order valence-corrected chi connectivity index (χ1v) is 8.32. The van der Waals surface area contributed by atoms with Crippen molar-refractivity contribution in [3.8, 4) is 11.5 Å². The van der Waals surface area contributed by atoms with Crippen LogP contribution in [0.1, 0.15) is 41.9 Å². The van der Waals surface area contributed by atoms with Gasteiger partial charge in [-0.25, -0.2) is 4.39 Å². The van der Waals surface area contributed by atoms with Gasteiger partial charge in [-0.3, -0.25) is 4.79 Å². The van der Waals surface area contributed by atoms with Gasteiger partial charge < -0.3 is 20.0 Å². The minimum Gasteiger partial charge on any atom is -0.472 e. The number of carbonyl (C=O) groups excluding carboxylic acids is 1. The zero-order valence-electron chi connectivity index (χ0n) is 13.9. The molecule has 0 atom stereocenters. The lowest BCUT2D eigenvalue weighted by atomic mass is 9.98. The topological polar surface area (TPSA) is 107 Å². The lowest BCUT2D eigenvalue weighted by Gasteiger charge is -2.17. The van der Waals surface area contributed by atoms with E-state index < -0.39 is 17.3 Å². The number of carbonyl (C=O) groups is 1. The smallest absolute Gasteiger partial charge is 0.260 e. The molecule has 1 aromatic carbocycles. The van der Waals surface area contributed by atoms with E-state index in [1.54, 1.807) is 0 Å². The molecule has 3 aromatic rings. The molecule has 0 spiro atoms. The fourth-order valence-electron chi connectivity index (χ4n) is 3.16. The number of nitrogens with one attached hydrogen (secondary N) is 1. The highest BCUT2D eigenvalue weighted by Crippen LogP contribution is 2.36. The van der Waals surface area contributed by atoms with Crippen LogP contribution in [0.15, 0.2) is 45.7 Å². The molecular formula is C18H17FN4O3. The van der Waals surface area contributed by atoms with E-state index in [2.05, 4.69) is 15.5 Å². The fraction of sp³-hybridized carbons (Fsp3) is 0.278. The number of hydrogen-bond acceptors (Lipinski definition) is 6. The van der Waals surface area contributed by atoms with Gasteiger partial charge in [0.1, 0.15) is 12.1 Å². The quantitative estimate of drug-likeness (QED) is 0.741. The summed E-state index contributed by atoms with van der Waals surface area (Å²) < 4.78 is 24.0. The largest absolute Gasteiger partial charge is 0.472 e. The van der Waals surface area contributed by atoms with Crippen LogP contribution in [0, 0.1) is 5.82 Å². The van der Waals surface area contributed by atoms with Crippen LogP contribution in [0.2, 0.25) is 0 Å². The van der Waals surface area contributed by atoms with Crippen molar-refractivity contribution in [1.29, 1.82) is 0 Å². The molecule has 0 saturated heterocycles. The Morgan fingerprint density at radius 3 is 2.81 bits per heavy atom. The zero-order valence-corrected chi connectivity index (χ0v) is 13.9. The highest BCUT2D eigenvalue weighted by Gasteiger charge is 2.36. The number of halogens is 1. The third kappa shape index (κ3) is 2.99. The normalized spacial score (nSPS) is 15.9. The average Bonchev–Trinajstić information content (AvgIpc) is 3.37. The summed E-state index contributed by atoms with van der Waals surface area (Å²) >= 11 is 0. The summed E-state index contributed by atoms with van der Waals surface area (Å²) in [5.74, 6) is -0.320. The molecule has 1 amide bonds. The Bertz CT molecular complexity index is 930. The van der Waals surface area contributed by atoms with Gasteiger partial charge in [0.2, 0.25) is 0 Å². The number of hydrogen-bond donors (Lipinski definition) is 2. The van der Waals surface area contributed by atoms with Gasteiger partial charge in [0.25, 0.3) is 11.8 Å². The molecule has 4 rings (SSSR count). The third-order valence-electron chi connectivity index (χ3n) is 4.61. The molecule has 8 heteroatoms. The average molecular weight is 356 g/mol. The molecule has 1 aliphatic carbocycles. The predicted octanol–water partition coefficient (Wildman–Crippen LogP) is 3.45. The molecular weight excluding hydrogens is 339 g/mol. The van der Waals surface area contributed by atoms with Crippen molar-refractivity contribution >= 4 is 11.6 Å². The molecule has 0 bridgehead atoms. The maximum Gasteiger partial charge on any atom is 0.260 e. The number of nitrogens with two attached hydrogens (primary N) is 1. The molecule has 2 aromatic heterocycles. The molecule has 2 heterocycles. The van der Waals surface area contributed by atoms with Crippen molar-refractivity contribution in [2.75, 3.05) is 5.32 Å². The Hall–Kier alpha value is -3.00. The van der Waals surface area contributed by atoms with Crippen LogP contribution in [0.3, 0.4) is 0 Å². The number of benzene rings is 1. The van der Waals surface area contributed by atoms with Gasteiger partial charge in [0, 0.05) is 0 Å². The number of aromatic nitrogens is 2. The van der Waals surface area contributed by atoms with Crippen LogP contribution in [0.5, 0.6) is 0 Å². The molecule has 0 aliphatic heterocycles. The Morgan fingerprint density at radius 2 is 2.08 bits per heavy atom. The van der Waals surface area contributed by atoms with Gasteiger partial charge in [-0.05, 0) is 37.1 Å². The van der Waals surface area contributed by atoms with E-state index in [-0.39, 0.29) is 11.6 Å². The molecule has 1 saturated carbocycles. The van der Waals surface area contributed by atoms with Gasteiger partial charge >= 0.3 is 0 Å². The van der Waals surface area contributed by atoms with Crippen molar-refractivity contribution < 1.29 is 18.1 Å². The van der Waals surface area contributed by atoms with Gasteiger partial charge in [-0.15, -0.1) is 0 Å². The standard InChI is InChI=1S/C18H17FN4O3/c19-12-3-4-13(14(9-12)21-15(24)11-5-8-25-10-11)16-22-17(23-26-16)18(20)6-1-2-7-18/h3-5,8-10H,1-2,6-7,20H2,(H,21,24). The minimum absolute atomic E-state index is 0.180. The van der Waals surface area contributed by atoms with E-state index in [0.717, 1.165) is 25.7 Å². The zero-order chi connectivity index (χ0) is 18.1. The Balaban J connectivity index is 1.66. The number of rotatable bonds is 4. The van der Waals surface area contributed by atoms with E-state index in [1.807, 2.05) is 0 Å². The summed E-state index contributed by atoms with van der Waals surface area (Å²) in [4.78, 5) is 16.7. The van der Waals surface area contributed by atoms with E-state index in [1.165, 1.54) is 36.8 Å². The number of furan rings is 1. The minimum atomic E-state index is -0.595. The lowest BCUT2D eigenvalue weighted by Crippen LogP contribution is -2.34. The van der Waals surface area contributed by atoms with E-state index in [0.29, 0.717) is 17.0 Å². The van der Waals surface area contributed by atoms with E-state index in [4.69, 9.17) is 14.7 Å². The van der Waals surface area contributed by atoms with Crippen LogP contribution in [-0.2, 0) is 5.54 Å². The van der Waals surface area contributed by atoms with Crippen molar-refractivity contribution in [3.63, 3.8) is 0 Å². The summed E-state index contributed by atoms with van der Waals surface area (Å²) in [5.41, 5.74) is 6.72. The number of nitrogens with zero attached hydrogens (tertiary/aromatic N) is 2. The molecule has 26 heavy (non-hydrogen) atoms. The monoisotopic (exact) mass is 356 g/mol. The van der Waals surface area contributed by atoms with E-state index >= 15 is 0 Å². The number of amides is 1. The van der Waals surface area contributed by atoms with Gasteiger partial charge in [-0.2, -0.15) is 4.98 Å². The number of anilines is 1. The first kappa shape index (κ1) is 16.5. The molecule has 134 valence electrons. The Kier molecular flexibility index (Phi) is 4.04. The molecule has 1 fully saturated rings. The second-order valence-corrected chi connectivity index (χ2v) is 6.44. The SMILES string of the molecule is NC1(c2noc(-c3ccc(F)cc3NC(=O)c3ccoc3)n2)CCCC1. The van der Waals surface area contributed by atoms with E-state index in [9.17, 15) is 9.18 Å². The van der Waals surface area contributed by atoms with Crippen LogP contribution in [-0.4, -0.2) is 16.0 Å². The van der Waals surface area contributed by atoms with Crippen molar-refractivity contribution in [2.45, 2.75) is 31.2 Å². The second kappa shape index (κ2) is 6.38. The van der Waals surface area contributed by atoms with Crippen LogP contribution in [0.25, 0.3) is 11.5 Å². The maximum atomic E-state index is 13.7. The highest BCUT2D eigenvalue weighted by molar-refractivity contribution is 6.05. The predicted molar refractivity (Wildman–Crippen MR) is 90.7 cm³/mol. The summed E-state index contributed by atoms with van der Waals surface area (Å²) in [6.07, 6.45) is 6.30. The van der Waals surface area contributed by atoms with Gasteiger partial charge in [-0.1, -0.05) is 18.0 Å². The summed E-state index contributed by atoms with van der Waals surface area (Å²) in [6, 6.07) is 5.46. The lowest BCUT2D eigenvalue weighted by molar-refractivity contribution is 0.102. The first-order chi connectivity index (χ1) is 12.5. The molecule has 3 N–H and O–H groups in total. The summed E-state index contributed by atoms with van der Waals surface area (Å²) in [6.45, 7) is 0. The Morgan fingerprint density at radius 1 is 1.27 bits per heavy atom. The van der Waals surface area contributed by atoms with Gasteiger partial charge in [0.05, 0.1) is 28.6 Å². The fourth-order valence-corrected chi connectivity index (χ4v) is 3.16. The first-order valence-electron chi connectivity index (χ1n) is 8.32. The van der Waals surface area contributed by atoms with Gasteiger partial charge in [0.15, 0.2) is 5.82 Å². The molecule has 7 nitrogen and oxygen atoms in total. The molecule has 0 unspecified atom stereocenters. The summed E-state index contributed by atoms with van der Waals surface area (Å²) in [5, 5.41) is 6.65. The van der Waals surface area contributed by atoms with Crippen LogP contribution in [0.4, 0.5) is 10.1 Å². The third-order valence-corrected chi connectivity index (χ3v) is 4.61. The molecule has 1 aliphatic rings.